The third kappa shape index (κ3) is 2.39. The number of anilines is 1. The Balaban J connectivity index is 1.70. The zero-order valence-corrected chi connectivity index (χ0v) is 11.3. The van der Waals surface area contributed by atoms with Crippen LogP contribution in [0.25, 0.3) is 0 Å². The third-order valence-electron chi connectivity index (χ3n) is 4.35. The molecule has 3 N–H and O–H groups in total. The molecule has 0 bridgehead atoms. The number of rotatable bonds is 4. The molecule has 0 spiro atoms. The molecular formula is C14H24N4. The fraction of sp³-hybridized carbons (Fsp3) is 0.786. The highest BCUT2D eigenvalue weighted by molar-refractivity contribution is 5.48. The van der Waals surface area contributed by atoms with E-state index in [1.54, 1.807) is 0 Å². The first-order valence-corrected chi connectivity index (χ1v) is 7.40. The zero-order chi connectivity index (χ0) is 12.4. The van der Waals surface area contributed by atoms with Crippen molar-refractivity contribution in [1.29, 1.82) is 0 Å². The van der Waals surface area contributed by atoms with E-state index in [0.717, 1.165) is 24.8 Å². The molecule has 18 heavy (non-hydrogen) atoms. The maximum absolute atomic E-state index is 4.49. The van der Waals surface area contributed by atoms with Gasteiger partial charge in [0, 0.05) is 23.8 Å². The highest BCUT2D eigenvalue weighted by atomic mass is 15.2. The van der Waals surface area contributed by atoms with Gasteiger partial charge < -0.3 is 10.6 Å². The van der Waals surface area contributed by atoms with Gasteiger partial charge in [-0.25, -0.2) is 0 Å². The molecule has 2 aliphatic rings. The Morgan fingerprint density at radius 2 is 2.33 bits per heavy atom. The summed E-state index contributed by atoms with van der Waals surface area (Å²) in [6, 6.07) is 0.559. The van der Waals surface area contributed by atoms with E-state index < -0.39 is 0 Å². The number of aromatic nitrogens is 2. The van der Waals surface area contributed by atoms with Crippen LogP contribution in [0.3, 0.4) is 0 Å². The van der Waals surface area contributed by atoms with Gasteiger partial charge in [0.25, 0.3) is 0 Å². The van der Waals surface area contributed by atoms with E-state index in [2.05, 4.69) is 27.8 Å². The molecule has 4 heteroatoms. The number of nitrogens with one attached hydrogen (secondary N) is 3. The topological polar surface area (TPSA) is 52.7 Å². The van der Waals surface area contributed by atoms with Gasteiger partial charge in [0.15, 0.2) is 5.82 Å². The SMILES string of the molecule is CCCC1CCc2[nH]nc(NC3CCNC3)c2C1. The van der Waals surface area contributed by atoms with Crippen molar-refractivity contribution < 1.29 is 0 Å². The highest BCUT2D eigenvalue weighted by Gasteiger charge is 2.25. The van der Waals surface area contributed by atoms with Gasteiger partial charge >= 0.3 is 0 Å². The summed E-state index contributed by atoms with van der Waals surface area (Å²) in [4.78, 5) is 0. The molecule has 3 rings (SSSR count). The summed E-state index contributed by atoms with van der Waals surface area (Å²) < 4.78 is 0. The fourth-order valence-corrected chi connectivity index (χ4v) is 3.31. The van der Waals surface area contributed by atoms with Gasteiger partial charge in [0.2, 0.25) is 0 Å². The second-order valence-corrected chi connectivity index (χ2v) is 5.76. The normalized spacial score (nSPS) is 27.2. The maximum Gasteiger partial charge on any atom is 0.151 e. The molecule has 0 amide bonds. The van der Waals surface area contributed by atoms with E-state index in [1.165, 1.54) is 49.8 Å². The Morgan fingerprint density at radius 3 is 3.11 bits per heavy atom. The summed E-state index contributed by atoms with van der Waals surface area (Å²) in [5.41, 5.74) is 2.84. The summed E-state index contributed by atoms with van der Waals surface area (Å²) in [7, 11) is 0. The monoisotopic (exact) mass is 248 g/mol. The standard InChI is InChI=1S/C14H24N4/c1-2-3-10-4-5-13-12(8-10)14(18-17-13)16-11-6-7-15-9-11/h10-11,15H,2-9H2,1H3,(H2,16,17,18). The summed E-state index contributed by atoms with van der Waals surface area (Å²) in [6.45, 7) is 4.48. The van der Waals surface area contributed by atoms with Gasteiger partial charge in [-0.3, -0.25) is 5.10 Å². The lowest BCUT2D eigenvalue weighted by Crippen LogP contribution is -2.23. The maximum atomic E-state index is 4.49. The van der Waals surface area contributed by atoms with Crippen LogP contribution >= 0.6 is 0 Å². The quantitative estimate of drug-likeness (QED) is 0.765. The minimum Gasteiger partial charge on any atom is -0.364 e. The molecule has 1 aliphatic heterocycles. The van der Waals surface area contributed by atoms with Crippen LogP contribution in [0.1, 0.15) is 43.9 Å². The van der Waals surface area contributed by atoms with E-state index in [4.69, 9.17) is 0 Å². The summed E-state index contributed by atoms with van der Waals surface area (Å²) in [5, 5.41) is 14.7. The lowest BCUT2D eigenvalue weighted by Gasteiger charge is -2.22. The second-order valence-electron chi connectivity index (χ2n) is 5.76. The lowest BCUT2D eigenvalue weighted by atomic mass is 9.84. The Kier molecular flexibility index (Phi) is 3.55. The molecule has 1 aromatic rings. The first-order chi connectivity index (χ1) is 8.86. The third-order valence-corrected chi connectivity index (χ3v) is 4.35. The van der Waals surface area contributed by atoms with Crippen LogP contribution in [0.5, 0.6) is 0 Å². The minimum absolute atomic E-state index is 0.559. The predicted octanol–water partition coefficient (Wildman–Crippen LogP) is 2.09. The average molecular weight is 248 g/mol. The van der Waals surface area contributed by atoms with Gasteiger partial charge in [-0.15, -0.1) is 0 Å². The first kappa shape index (κ1) is 12.0. The number of H-pyrrole nitrogens is 1. The van der Waals surface area contributed by atoms with Crippen LogP contribution in [-0.4, -0.2) is 29.3 Å². The van der Waals surface area contributed by atoms with Crippen molar-refractivity contribution in [1.82, 2.24) is 15.5 Å². The van der Waals surface area contributed by atoms with E-state index >= 15 is 0 Å². The van der Waals surface area contributed by atoms with Crippen molar-refractivity contribution in [2.24, 2.45) is 5.92 Å². The number of hydrogen-bond donors (Lipinski definition) is 3. The van der Waals surface area contributed by atoms with E-state index in [1.807, 2.05) is 0 Å². The Labute approximate surface area is 109 Å². The van der Waals surface area contributed by atoms with Gasteiger partial charge in [0.05, 0.1) is 0 Å². The average Bonchev–Trinajstić information content (AvgIpc) is 3.01. The predicted molar refractivity (Wildman–Crippen MR) is 73.9 cm³/mol. The Bertz CT molecular complexity index is 392. The minimum atomic E-state index is 0.559. The van der Waals surface area contributed by atoms with Crippen LogP contribution in [0, 0.1) is 5.92 Å². The highest BCUT2D eigenvalue weighted by Crippen LogP contribution is 2.31. The van der Waals surface area contributed by atoms with Crippen molar-refractivity contribution in [2.75, 3.05) is 18.4 Å². The van der Waals surface area contributed by atoms with Crippen molar-refractivity contribution in [3.63, 3.8) is 0 Å². The molecule has 1 aromatic heterocycles. The van der Waals surface area contributed by atoms with Crippen molar-refractivity contribution in [3.8, 4) is 0 Å². The smallest absolute Gasteiger partial charge is 0.151 e. The number of nitrogens with zero attached hydrogens (tertiary/aromatic N) is 1. The lowest BCUT2D eigenvalue weighted by molar-refractivity contribution is 0.421. The van der Waals surface area contributed by atoms with E-state index in [-0.39, 0.29) is 0 Å². The molecule has 100 valence electrons. The number of hydrogen-bond acceptors (Lipinski definition) is 3. The number of aryl methyl sites for hydroxylation is 1. The van der Waals surface area contributed by atoms with Crippen molar-refractivity contribution in [3.05, 3.63) is 11.3 Å². The zero-order valence-electron chi connectivity index (χ0n) is 11.3. The fourth-order valence-electron chi connectivity index (χ4n) is 3.31. The molecule has 1 aliphatic carbocycles. The molecule has 0 saturated carbocycles. The van der Waals surface area contributed by atoms with Crippen molar-refractivity contribution in [2.45, 2.75) is 51.5 Å². The largest absolute Gasteiger partial charge is 0.364 e. The molecule has 0 aromatic carbocycles. The van der Waals surface area contributed by atoms with E-state index in [0.29, 0.717) is 6.04 Å². The first-order valence-electron chi connectivity index (χ1n) is 7.40. The van der Waals surface area contributed by atoms with E-state index in [9.17, 15) is 0 Å². The molecule has 1 saturated heterocycles. The molecular weight excluding hydrogens is 224 g/mol. The van der Waals surface area contributed by atoms with Gasteiger partial charge in [-0.1, -0.05) is 19.8 Å². The Hall–Kier alpha value is -1.03. The molecule has 0 radical (unpaired) electrons. The molecule has 2 heterocycles. The second kappa shape index (κ2) is 5.31. The van der Waals surface area contributed by atoms with Crippen LogP contribution in [0.15, 0.2) is 0 Å². The van der Waals surface area contributed by atoms with Crippen LogP contribution < -0.4 is 10.6 Å². The molecule has 4 nitrogen and oxygen atoms in total. The summed E-state index contributed by atoms with van der Waals surface area (Å²) in [5.74, 6) is 1.99. The molecule has 2 atom stereocenters. The van der Waals surface area contributed by atoms with Gasteiger partial charge in [-0.2, -0.15) is 5.10 Å². The van der Waals surface area contributed by atoms with Crippen molar-refractivity contribution >= 4 is 5.82 Å². The van der Waals surface area contributed by atoms with Gasteiger partial charge in [0.1, 0.15) is 0 Å². The van der Waals surface area contributed by atoms with Crippen LogP contribution in [0.4, 0.5) is 5.82 Å². The van der Waals surface area contributed by atoms with Crippen LogP contribution in [0.2, 0.25) is 0 Å². The van der Waals surface area contributed by atoms with Gasteiger partial charge in [-0.05, 0) is 38.1 Å². The number of fused-ring (bicyclic) bond motifs is 1. The summed E-state index contributed by atoms with van der Waals surface area (Å²) in [6.07, 6.45) is 7.58. The molecule has 2 unspecified atom stereocenters. The summed E-state index contributed by atoms with van der Waals surface area (Å²) >= 11 is 0. The Morgan fingerprint density at radius 1 is 1.39 bits per heavy atom. The van der Waals surface area contributed by atoms with Crippen LogP contribution in [-0.2, 0) is 12.8 Å². The number of aromatic amines is 1. The molecule has 1 fully saturated rings.